The largest absolute Gasteiger partial charge is 0.322 e. The van der Waals surface area contributed by atoms with Crippen LogP contribution >= 0.6 is 15.9 Å². The molecule has 0 aromatic carbocycles. The summed E-state index contributed by atoms with van der Waals surface area (Å²) in [5, 5.41) is 8.19. The van der Waals surface area contributed by atoms with Crippen molar-refractivity contribution in [1.82, 2.24) is 15.0 Å². The number of hydrogen-bond acceptors (Lipinski definition) is 3. The molecule has 5 rings (SSSR count). The lowest BCUT2D eigenvalue weighted by atomic mass is 9.50. The molecule has 19 heavy (non-hydrogen) atoms. The maximum atomic E-state index is 6.64. The number of rotatable bonds is 2. The first-order chi connectivity index (χ1) is 9.13. The molecule has 1 aromatic rings. The van der Waals surface area contributed by atoms with Gasteiger partial charge in [0.25, 0.3) is 0 Å². The Kier molecular flexibility index (Phi) is 2.78. The maximum absolute atomic E-state index is 6.64. The average molecular weight is 325 g/mol. The molecule has 0 spiro atoms. The van der Waals surface area contributed by atoms with Crippen molar-refractivity contribution in [2.45, 2.75) is 38.1 Å². The highest BCUT2D eigenvalue weighted by atomic mass is 79.9. The molecule has 1 unspecified atom stereocenters. The van der Waals surface area contributed by atoms with Crippen LogP contribution in [0.25, 0.3) is 0 Å². The van der Waals surface area contributed by atoms with Gasteiger partial charge in [-0.25, -0.2) is 4.68 Å². The Bertz CT molecular complexity index is 450. The summed E-state index contributed by atoms with van der Waals surface area (Å²) in [6, 6.07) is 0.0874. The van der Waals surface area contributed by atoms with Crippen LogP contribution in [0.15, 0.2) is 4.60 Å². The van der Waals surface area contributed by atoms with Gasteiger partial charge >= 0.3 is 0 Å². The van der Waals surface area contributed by atoms with Gasteiger partial charge in [-0.2, -0.15) is 0 Å². The van der Waals surface area contributed by atoms with Crippen molar-refractivity contribution in [2.75, 3.05) is 0 Å². The smallest absolute Gasteiger partial charge is 0.153 e. The molecule has 4 nitrogen and oxygen atoms in total. The Morgan fingerprint density at radius 1 is 1.16 bits per heavy atom. The predicted octanol–water partition coefficient (Wildman–Crippen LogP) is 2.65. The summed E-state index contributed by atoms with van der Waals surface area (Å²) in [6.45, 7) is 0. The highest BCUT2D eigenvalue weighted by Gasteiger charge is 2.50. The van der Waals surface area contributed by atoms with Crippen LogP contribution in [0.3, 0.4) is 0 Å². The fraction of sp³-hybridized carbons (Fsp3) is 0.857. The van der Waals surface area contributed by atoms with Gasteiger partial charge in [0.15, 0.2) is 4.60 Å². The van der Waals surface area contributed by atoms with Crippen LogP contribution in [0.4, 0.5) is 0 Å². The molecular formula is C14H21BrN4. The second kappa shape index (κ2) is 4.29. The third-order valence-corrected chi connectivity index (χ3v) is 6.42. The van der Waals surface area contributed by atoms with Crippen molar-refractivity contribution in [3.05, 3.63) is 10.3 Å². The van der Waals surface area contributed by atoms with Crippen LogP contribution in [-0.4, -0.2) is 15.0 Å². The van der Waals surface area contributed by atoms with Crippen molar-refractivity contribution >= 4 is 15.9 Å². The van der Waals surface area contributed by atoms with E-state index in [-0.39, 0.29) is 6.04 Å². The Morgan fingerprint density at radius 3 is 2.21 bits per heavy atom. The normalized spacial score (nSPS) is 41.7. The van der Waals surface area contributed by atoms with E-state index in [2.05, 4.69) is 26.2 Å². The average Bonchev–Trinajstić information content (AvgIpc) is 2.67. The van der Waals surface area contributed by atoms with Gasteiger partial charge in [0.2, 0.25) is 0 Å². The molecule has 4 aliphatic rings. The summed E-state index contributed by atoms with van der Waals surface area (Å²) in [5.74, 6) is 4.32. The number of hydrogen-bond donors (Lipinski definition) is 1. The van der Waals surface area contributed by atoms with Gasteiger partial charge < -0.3 is 5.73 Å². The zero-order valence-corrected chi connectivity index (χ0v) is 12.9. The zero-order valence-electron chi connectivity index (χ0n) is 11.3. The van der Waals surface area contributed by atoms with Gasteiger partial charge in [0.1, 0.15) is 0 Å². The van der Waals surface area contributed by atoms with Crippen LogP contribution in [-0.2, 0) is 7.05 Å². The van der Waals surface area contributed by atoms with Gasteiger partial charge in [-0.1, -0.05) is 5.21 Å². The molecule has 1 aromatic heterocycles. The van der Waals surface area contributed by atoms with Crippen molar-refractivity contribution in [2.24, 2.45) is 42.4 Å². The Hall–Kier alpha value is -0.420. The van der Waals surface area contributed by atoms with Gasteiger partial charge in [0, 0.05) is 7.05 Å². The molecule has 0 aliphatic heterocycles. The lowest BCUT2D eigenvalue weighted by molar-refractivity contribution is -0.0481. The monoisotopic (exact) mass is 324 g/mol. The third kappa shape index (κ3) is 1.81. The Balaban J connectivity index is 1.66. The van der Waals surface area contributed by atoms with Crippen molar-refractivity contribution < 1.29 is 0 Å². The molecular weight excluding hydrogens is 304 g/mol. The summed E-state index contributed by atoms with van der Waals surface area (Å²) in [7, 11) is 1.95. The van der Waals surface area contributed by atoms with Crippen molar-refractivity contribution in [3.63, 3.8) is 0 Å². The minimum absolute atomic E-state index is 0.0874. The van der Waals surface area contributed by atoms with E-state index in [1.165, 1.54) is 32.1 Å². The third-order valence-electron chi connectivity index (χ3n) is 5.86. The molecule has 1 atom stereocenters. The molecule has 4 bridgehead atoms. The molecule has 4 saturated carbocycles. The Labute approximate surface area is 122 Å². The maximum Gasteiger partial charge on any atom is 0.153 e. The molecule has 104 valence electrons. The van der Waals surface area contributed by atoms with Crippen LogP contribution in [0.2, 0.25) is 0 Å². The molecule has 0 saturated heterocycles. The van der Waals surface area contributed by atoms with Crippen LogP contribution in [0.1, 0.15) is 43.8 Å². The molecule has 0 radical (unpaired) electrons. The molecule has 4 fully saturated rings. The molecule has 5 heteroatoms. The minimum atomic E-state index is 0.0874. The standard InChI is InChI=1S/C14H21BrN4/c1-19-13(14(15)17-18-19)12(16)11-9-3-7-2-8(5-9)6-10(11)4-7/h7-12H,2-6,16H2,1H3. The first-order valence-corrected chi connectivity index (χ1v) is 8.23. The quantitative estimate of drug-likeness (QED) is 0.909. The zero-order chi connectivity index (χ0) is 13.1. The van der Waals surface area contributed by atoms with E-state index < -0.39 is 0 Å². The number of aryl methyl sites for hydroxylation is 1. The van der Waals surface area contributed by atoms with E-state index in [0.29, 0.717) is 5.92 Å². The first kappa shape index (κ1) is 12.3. The van der Waals surface area contributed by atoms with Gasteiger partial charge in [-0.3, -0.25) is 0 Å². The fourth-order valence-corrected chi connectivity index (χ4v) is 6.02. The second-order valence-corrected chi connectivity index (χ2v) is 7.67. The van der Waals surface area contributed by atoms with Gasteiger partial charge in [-0.05, 0) is 77.6 Å². The van der Waals surface area contributed by atoms with Crippen LogP contribution in [0.5, 0.6) is 0 Å². The second-order valence-electron chi connectivity index (χ2n) is 6.92. The molecule has 0 amide bonds. The minimum Gasteiger partial charge on any atom is -0.322 e. The topological polar surface area (TPSA) is 56.7 Å². The number of aromatic nitrogens is 3. The van der Waals surface area contributed by atoms with E-state index >= 15 is 0 Å². The molecule has 2 N–H and O–H groups in total. The summed E-state index contributed by atoms with van der Waals surface area (Å²) >= 11 is 3.51. The van der Waals surface area contributed by atoms with E-state index in [1.54, 1.807) is 0 Å². The Morgan fingerprint density at radius 2 is 1.74 bits per heavy atom. The van der Waals surface area contributed by atoms with Crippen molar-refractivity contribution in [1.29, 1.82) is 0 Å². The predicted molar refractivity (Wildman–Crippen MR) is 76.2 cm³/mol. The lowest BCUT2D eigenvalue weighted by Gasteiger charge is -2.55. The summed E-state index contributed by atoms with van der Waals surface area (Å²) in [4.78, 5) is 0. The van der Waals surface area contributed by atoms with Crippen molar-refractivity contribution in [3.8, 4) is 0 Å². The van der Waals surface area contributed by atoms with Gasteiger partial charge in [0.05, 0.1) is 11.7 Å². The van der Waals surface area contributed by atoms with E-state index in [0.717, 1.165) is 34.0 Å². The van der Waals surface area contributed by atoms with Gasteiger partial charge in [-0.15, -0.1) is 5.10 Å². The summed E-state index contributed by atoms with van der Waals surface area (Å²) in [5.41, 5.74) is 7.72. The SMILES string of the molecule is Cn1nnc(Br)c1C(N)C1C2CC3CC(C2)CC1C3. The highest BCUT2D eigenvalue weighted by molar-refractivity contribution is 9.10. The summed E-state index contributed by atoms with van der Waals surface area (Å²) in [6.07, 6.45) is 7.14. The summed E-state index contributed by atoms with van der Waals surface area (Å²) < 4.78 is 2.68. The van der Waals surface area contributed by atoms with E-state index in [1.807, 2.05) is 11.7 Å². The highest BCUT2D eigenvalue weighted by Crippen LogP contribution is 2.59. The number of nitrogens with zero attached hydrogens (tertiary/aromatic N) is 3. The number of halogens is 1. The number of nitrogens with two attached hydrogens (primary N) is 1. The van der Waals surface area contributed by atoms with Crippen LogP contribution in [0, 0.1) is 29.6 Å². The lowest BCUT2D eigenvalue weighted by Crippen LogP contribution is -2.49. The van der Waals surface area contributed by atoms with E-state index in [4.69, 9.17) is 5.73 Å². The van der Waals surface area contributed by atoms with E-state index in [9.17, 15) is 0 Å². The van der Waals surface area contributed by atoms with Crippen LogP contribution < -0.4 is 5.73 Å². The first-order valence-electron chi connectivity index (χ1n) is 7.44. The fourth-order valence-electron chi connectivity index (χ4n) is 5.43. The molecule has 1 heterocycles. The molecule has 4 aliphatic carbocycles.